The topological polar surface area (TPSA) is 91.8 Å². The van der Waals surface area contributed by atoms with E-state index in [4.69, 9.17) is 23.2 Å². The van der Waals surface area contributed by atoms with Gasteiger partial charge in [-0.2, -0.15) is 0 Å². The molecule has 0 spiro atoms. The molecule has 1 fully saturated rings. The number of carboxylic acids is 1. The molecule has 1 aliphatic heterocycles. The Balaban J connectivity index is 2.85. The van der Waals surface area contributed by atoms with Gasteiger partial charge in [-0.1, -0.05) is 74.8 Å². The summed E-state index contributed by atoms with van der Waals surface area (Å²) in [7, 11) is -3.52. The number of allylic oxidation sites excluding steroid dienone is 3. The van der Waals surface area contributed by atoms with E-state index in [-0.39, 0.29) is 24.5 Å². The van der Waals surface area contributed by atoms with Crippen LogP contribution in [0.15, 0.2) is 59.7 Å². The van der Waals surface area contributed by atoms with Gasteiger partial charge in [0.2, 0.25) is 5.91 Å². The Morgan fingerprint density at radius 2 is 1.97 bits per heavy atom. The van der Waals surface area contributed by atoms with E-state index < -0.39 is 44.5 Å². The Kier molecular flexibility index (Phi) is 10.6. The predicted molar refractivity (Wildman–Crippen MR) is 151 cm³/mol. The normalized spacial score (nSPS) is 24.8. The number of nitrogens with zero attached hydrogens (tertiary/aromatic N) is 1. The van der Waals surface area contributed by atoms with E-state index in [1.54, 1.807) is 69.0 Å². The van der Waals surface area contributed by atoms with E-state index in [1.165, 1.54) is 0 Å². The second-order valence-corrected chi connectivity index (χ2v) is 13.4. The molecule has 1 aliphatic rings. The summed E-state index contributed by atoms with van der Waals surface area (Å²) in [4.78, 5) is 27.7. The summed E-state index contributed by atoms with van der Waals surface area (Å²) in [5.41, 5.74) is 0.123. The number of hydrogen-bond donors (Lipinski definition) is 1. The van der Waals surface area contributed by atoms with Gasteiger partial charge in [0.05, 0.1) is 23.1 Å². The van der Waals surface area contributed by atoms with Crippen LogP contribution in [0.4, 0.5) is 0 Å². The monoisotopic (exact) mass is 569 g/mol. The Labute approximate surface area is 230 Å². The van der Waals surface area contributed by atoms with Crippen molar-refractivity contribution in [1.82, 2.24) is 4.90 Å². The number of sulfone groups is 1. The zero-order valence-electron chi connectivity index (χ0n) is 22.1. The molecule has 37 heavy (non-hydrogen) atoms. The molecule has 1 amide bonds. The third kappa shape index (κ3) is 7.06. The maximum Gasteiger partial charge on any atom is 0.304 e. The minimum absolute atomic E-state index is 0.0702. The molecule has 1 N–H and O–H groups in total. The molecule has 9 heteroatoms. The number of halogens is 2. The molecule has 1 aromatic rings. The summed E-state index contributed by atoms with van der Waals surface area (Å²) in [5.74, 6) is -1.94. The third-order valence-electron chi connectivity index (χ3n) is 7.32. The fourth-order valence-corrected chi connectivity index (χ4v) is 6.86. The number of benzene rings is 1. The van der Waals surface area contributed by atoms with Crippen molar-refractivity contribution in [2.75, 3.05) is 5.75 Å². The first-order valence-electron chi connectivity index (χ1n) is 12.4. The van der Waals surface area contributed by atoms with E-state index >= 15 is 0 Å². The predicted octanol–water partition coefficient (Wildman–Crippen LogP) is 6.36. The fraction of sp³-hybridized carbons (Fsp3) is 0.500. The van der Waals surface area contributed by atoms with Gasteiger partial charge in [0.15, 0.2) is 9.84 Å². The highest BCUT2D eigenvalue weighted by atomic mass is 35.5. The molecule has 204 valence electrons. The van der Waals surface area contributed by atoms with Crippen LogP contribution in [-0.4, -0.2) is 53.4 Å². The Hall–Kier alpha value is -2.09. The van der Waals surface area contributed by atoms with Crippen molar-refractivity contribution in [2.24, 2.45) is 5.41 Å². The Morgan fingerprint density at radius 1 is 1.32 bits per heavy atom. The number of piperidine rings is 1. The highest BCUT2D eigenvalue weighted by Gasteiger charge is 2.53. The highest BCUT2D eigenvalue weighted by molar-refractivity contribution is 7.92. The molecule has 0 unspecified atom stereocenters. The van der Waals surface area contributed by atoms with E-state index in [0.29, 0.717) is 22.0 Å². The van der Waals surface area contributed by atoms with Crippen molar-refractivity contribution in [3.05, 3.63) is 70.3 Å². The number of carbonyl (C=O) groups excluding carboxylic acids is 1. The number of carbonyl (C=O) groups is 2. The summed E-state index contributed by atoms with van der Waals surface area (Å²) in [6, 6.07) is 5.91. The molecule has 1 saturated heterocycles. The van der Waals surface area contributed by atoms with Crippen LogP contribution >= 0.6 is 23.2 Å². The van der Waals surface area contributed by atoms with Crippen molar-refractivity contribution in [1.29, 1.82) is 0 Å². The van der Waals surface area contributed by atoms with Gasteiger partial charge in [-0.15, -0.1) is 0 Å². The zero-order valence-corrected chi connectivity index (χ0v) is 24.4. The summed E-state index contributed by atoms with van der Waals surface area (Å²) in [5, 5.41) is 9.85. The Morgan fingerprint density at radius 3 is 2.49 bits per heavy atom. The van der Waals surface area contributed by atoms with Gasteiger partial charge in [-0.3, -0.25) is 9.59 Å². The van der Waals surface area contributed by atoms with Crippen molar-refractivity contribution in [3.63, 3.8) is 0 Å². The number of amides is 1. The van der Waals surface area contributed by atoms with Crippen LogP contribution in [0.25, 0.3) is 0 Å². The lowest BCUT2D eigenvalue weighted by atomic mass is 9.67. The molecule has 0 radical (unpaired) electrons. The summed E-state index contributed by atoms with van der Waals surface area (Å²) < 4.78 is 26.0. The first-order chi connectivity index (χ1) is 17.2. The fourth-order valence-electron chi connectivity index (χ4n) is 5.27. The summed E-state index contributed by atoms with van der Waals surface area (Å²) in [6.45, 7) is 12.7. The molecule has 5 atom stereocenters. The lowest BCUT2D eigenvalue weighted by molar-refractivity contribution is -0.158. The van der Waals surface area contributed by atoms with Gasteiger partial charge in [0.1, 0.15) is 0 Å². The second kappa shape index (κ2) is 12.6. The largest absolute Gasteiger partial charge is 0.481 e. The maximum absolute atomic E-state index is 14.2. The van der Waals surface area contributed by atoms with Gasteiger partial charge in [0, 0.05) is 27.8 Å². The smallest absolute Gasteiger partial charge is 0.304 e. The van der Waals surface area contributed by atoms with Crippen LogP contribution < -0.4 is 0 Å². The first kappa shape index (κ1) is 31.1. The van der Waals surface area contributed by atoms with E-state index in [9.17, 15) is 23.1 Å². The SMILES string of the molecule is C=C(/C=C\C(Cl)=C/C)[C@@H]1[C@@H](c2cccc(Cl)c2)C[C@](C)(CC(=O)O)C(=O)N1[C@@H](CC)[C@H](C)S(=O)(=O)CC. The molecule has 1 heterocycles. The number of likely N-dealkylation sites (tertiary alicyclic amines) is 1. The lowest BCUT2D eigenvalue weighted by Crippen LogP contribution is -2.62. The molecule has 6 nitrogen and oxygen atoms in total. The van der Waals surface area contributed by atoms with Crippen LogP contribution in [0, 0.1) is 5.41 Å². The quantitative estimate of drug-likeness (QED) is 0.313. The average molecular weight is 571 g/mol. The van der Waals surface area contributed by atoms with Crippen LogP contribution in [-0.2, 0) is 19.4 Å². The third-order valence-corrected chi connectivity index (χ3v) is 10.1. The van der Waals surface area contributed by atoms with Crippen LogP contribution in [0.5, 0.6) is 0 Å². The van der Waals surface area contributed by atoms with Crippen molar-refractivity contribution < 1.29 is 23.1 Å². The van der Waals surface area contributed by atoms with Gasteiger partial charge in [-0.25, -0.2) is 8.42 Å². The number of rotatable bonds is 11. The van der Waals surface area contributed by atoms with Crippen LogP contribution in [0.3, 0.4) is 0 Å². The van der Waals surface area contributed by atoms with E-state index in [0.717, 1.165) is 5.56 Å². The first-order valence-corrected chi connectivity index (χ1v) is 14.9. The lowest BCUT2D eigenvalue weighted by Gasteiger charge is -2.53. The van der Waals surface area contributed by atoms with Crippen LogP contribution in [0.2, 0.25) is 5.02 Å². The minimum atomic E-state index is -3.52. The summed E-state index contributed by atoms with van der Waals surface area (Å²) in [6.07, 6.45) is 5.34. The molecule has 0 saturated carbocycles. The minimum Gasteiger partial charge on any atom is -0.481 e. The number of aliphatic carboxylic acids is 1. The van der Waals surface area contributed by atoms with Crippen LogP contribution in [0.1, 0.15) is 65.4 Å². The molecule has 0 aliphatic carbocycles. The zero-order chi connectivity index (χ0) is 28.1. The highest BCUT2D eigenvalue weighted by Crippen LogP contribution is 2.48. The summed E-state index contributed by atoms with van der Waals surface area (Å²) >= 11 is 12.5. The van der Waals surface area contributed by atoms with Gasteiger partial charge < -0.3 is 10.0 Å². The van der Waals surface area contributed by atoms with Crippen molar-refractivity contribution in [2.45, 2.75) is 77.1 Å². The average Bonchev–Trinajstić information content (AvgIpc) is 2.84. The van der Waals surface area contributed by atoms with Crippen molar-refractivity contribution in [3.8, 4) is 0 Å². The molecule has 1 aromatic carbocycles. The van der Waals surface area contributed by atoms with Gasteiger partial charge >= 0.3 is 5.97 Å². The molecule has 0 bridgehead atoms. The van der Waals surface area contributed by atoms with Gasteiger partial charge in [0.25, 0.3) is 0 Å². The number of hydrogen-bond acceptors (Lipinski definition) is 4. The molecule has 0 aromatic heterocycles. The molecular weight excluding hydrogens is 533 g/mol. The van der Waals surface area contributed by atoms with Crippen molar-refractivity contribution >= 4 is 44.9 Å². The Bertz CT molecular complexity index is 1190. The number of carboxylic acid groups (broad SMARTS) is 1. The molecule has 2 rings (SSSR count). The standard InChI is InChI=1S/C28H37Cl2NO5S/c1-7-21(29)14-13-18(4)26-23(20-11-10-12-22(30)15-20)16-28(6,17-25(32)33)27(34)31(26)24(8-2)19(5)37(35,36)9-3/h7,10-15,19,23-24,26H,4,8-9,16-17H2,1-3,5-6H3,(H,32,33)/b14-13-,21-7+/t19-,23+,24-,26+,28+/m0/s1. The van der Waals surface area contributed by atoms with E-state index in [1.807, 2.05) is 13.0 Å². The van der Waals surface area contributed by atoms with Gasteiger partial charge in [-0.05, 0) is 56.0 Å². The maximum atomic E-state index is 14.2. The van der Waals surface area contributed by atoms with E-state index in [2.05, 4.69) is 6.58 Å². The second-order valence-electron chi connectivity index (χ2n) is 9.87. The molecular formula is C28H37Cl2NO5S.